The molecule has 0 bridgehead atoms. The van der Waals surface area contributed by atoms with E-state index in [2.05, 4.69) is 35.9 Å². The van der Waals surface area contributed by atoms with Crippen LogP contribution in [-0.4, -0.2) is 9.97 Å². The first-order chi connectivity index (χ1) is 36.8. The third-order valence-corrected chi connectivity index (χ3v) is 10.1. The molecule has 58 heavy (non-hydrogen) atoms. The van der Waals surface area contributed by atoms with Crippen molar-refractivity contribution in [1.82, 2.24) is 9.97 Å². The van der Waals surface area contributed by atoms with E-state index in [0.29, 0.717) is 42.5 Å². The second kappa shape index (κ2) is 16.7. The van der Waals surface area contributed by atoms with Gasteiger partial charge in [-0.2, -0.15) is 0 Å². The smallest absolute Gasteiger partial charge is 0.128 e. The van der Waals surface area contributed by atoms with Gasteiger partial charge in [-0.1, -0.05) is 146 Å². The predicted molar refractivity (Wildman–Crippen MR) is 237 cm³/mol. The van der Waals surface area contributed by atoms with Crippen LogP contribution in [-0.2, 0) is 20.1 Å². The molecule has 1 radical (unpaired) electrons. The summed E-state index contributed by atoms with van der Waals surface area (Å²) in [6, 6.07) is 12.9. The standard InChI is InChI=1S/C35H30NO.C19H16N.Ir/c1-35(2)19-16-25(17-20-35)23-10-12-24(13-11-23)27-18-21-36-32(22-27)31-9-5-8-29-30-15-14-26-6-3-4-7-28(26)33(30)37-34(29)31;1-14-8-11-19(20-13-14)17-10-9-15(2)18(12-17)16-6-4-3-5-7-16;/h3-8,10-15,18,21-22,25H,16-17,19-20H2,1-2H3;3-9,11-13H,1-2H3;/q2*-1;/i3D,4D,5D,6D,7D,8D,10D,11D,12D,13D,14D,15D,18D,21D,22D,25D;1D3,2D3;. The number of pyridine rings is 2. The normalized spacial score (nSPS) is 20.2. The minimum absolute atomic E-state index is 0. The van der Waals surface area contributed by atoms with Crippen LogP contribution in [0.5, 0.6) is 0 Å². The van der Waals surface area contributed by atoms with Gasteiger partial charge in [0.1, 0.15) is 5.58 Å². The average molecular weight is 953 g/mol. The molecule has 1 aliphatic carbocycles. The number of furan rings is 1. The summed E-state index contributed by atoms with van der Waals surface area (Å²) in [6.07, 6.45) is 2.45. The molecular weight excluding hydrogens is 885 g/mol. The Kier molecular flexibility index (Phi) is 5.99. The molecule has 0 atom stereocenters. The Morgan fingerprint density at radius 1 is 0.759 bits per heavy atom. The summed E-state index contributed by atoms with van der Waals surface area (Å²) in [7, 11) is 0. The summed E-state index contributed by atoms with van der Waals surface area (Å²) in [4.78, 5) is 8.31. The van der Waals surface area contributed by atoms with Crippen molar-refractivity contribution in [1.29, 1.82) is 0 Å². The van der Waals surface area contributed by atoms with Gasteiger partial charge >= 0.3 is 0 Å². The fraction of sp³-hybridized carbons (Fsp3) is 0.185. The van der Waals surface area contributed by atoms with Gasteiger partial charge in [0.25, 0.3) is 0 Å². The van der Waals surface area contributed by atoms with E-state index >= 15 is 0 Å². The van der Waals surface area contributed by atoms with E-state index in [1.54, 1.807) is 12.1 Å². The summed E-state index contributed by atoms with van der Waals surface area (Å²) in [5.41, 5.74) is 0.427. The van der Waals surface area contributed by atoms with Crippen molar-refractivity contribution in [3.63, 3.8) is 0 Å². The number of rotatable bonds is 5. The van der Waals surface area contributed by atoms with Crippen molar-refractivity contribution >= 4 is 32.7 Å². The molecule has 1 aliphatic rings. The average Bonchev–Trinajstić information content (AvgIpc) is 3.80. The molecule has 0 spiro atoms. The maximum Gasteiger partial charge on any atom is 0.128 e. The molecule has 0 unspecified atom stereocenters. The van der Waals surface area contributed by atoms with Gasteiger partial charge in [-0.3, -0.25) is 0 Å². The Bertz CT molecular complexity index is 3950. The second-order valence-corrected chi connectivity index (χ2v) is 14.4. The van der Waals surface area contributed by atoms with E-state index in [1.165, 1.54) is 18.3 Å². The van der Waals surface area contributed by atoms with Crippen LogP contribution in [0.2, 0.25) is 0 Å². The van der Waals surface area contributed by atoms with Crippen LogP contribution in [0.3, 0.4) is 0 Å². The topological polar surface area (TPSA) is 38.9 Å². The van der Waals surface area contributed by atoms with Gasteiger partial charge in [0, 0.05) is 54.2 Å². The van der Waals surface area contributed by atoms with Crippen molar-refractivity contribution < 1.29 is 54.7 Å². The quantitative estimate of drug-likeness (QED) is 0.161. The molecule has 1 fully saturated rings. The number of aryl methyl sites for hydroxylation is 2. The Labute approximate surface area is 386 Å². The molecule has 3 aromatic heterocycles. The van der Waals surface area contributed by atoms with Crippen LogP contribution in [0.4, 0.5) is 0 Å². The molecule has 0 aliphatic heterocycles. The number of hydrogen-bond donors (Lipinski definition) is 0. The van der Waals surface area contributed by atoms with Crippen LogP contribution in [0.25, 0.3) is 77.5 Å². The fourth-order valence-electron chi connectivity index (χ4n) is 6.81. The van der Waals surface area contributed by atoms with Gasteiger partial charge in [-0.15, -0.1) is 47.5 Å². The SMILES string of the molecule is [2H]C([2H])([2H])c1ccc(-c2[c-]cc(C([2H])([2H])[2H])c(-c3ccccc3)c2)nc1.[2H]c1[c-]c(-c2nc([2H])c([2H])c(-c3c([2H])c([2H])c(C4([2H])CCC(C)(C)CC4)c([2H])c3[2H])c2[2H])c2oc3c4c([2H])c([2H])c([2H])c([2H])c4c([2H])c([2H])c3c2c1[2H].[Ir]. The van der Waals surface area contributed by atoms with Crippen LogP contribution < -0.4 is 0 Å². The predicted octanol–water partition coefficient (Wildman–Crippen LogP) is 14.8. The van der Waals surface area contributed by atoms with Gasteiger partial charge in [0.15, 0.2) is 0 Å². The molecule has 289 valence electrons. The van der Waals surface area contributed by atoms with E-state index in [1.807, 2.05) is 30.3 Å². The first-order valence-corrected chi connectivity index (χ1v) is 18.3. The molecular formula is C54H46IrN2O-2. The summed E-state index contributed by atoms with van der Waals surface area (Å²) in [5, 5.41) is -0.986. The minimum atomic E-state index is -2.27. The molecule has 4 heteroatoms. The molecule has 6 aromatic carbocycles. The van der Waals surface area contributed by atoms with Crippen molar-refractivity contribution in [2.24, 2.45) is 5.41 Å². The molecule has 3 nitrogen and oxygen atoms in total. The molecule has 0 saturated heterocycles. The molecule has 1 saturated carbocycles. The van der Waals surface area contributed by atoms with E-state index in [-0.39, 0.29) is 80.5 Å². The summed E-state index contributed by atoms with van der Waals surface area (Å²) >= 11 is 0. The molecule has 0 amide bonds. The van der Waals surface area contributed by atoms with Crippen molar-refractivity contribution in [3.8, 4) is 44.8 Å². The van der Waals surface area contributed by atoms with Gasteiger partial charge in [0.2, 0.25) is 0 Å². The summed E-state index contributed by atoms with van der Waals surface area (Å²) in [6.45, 7) is -0.348. The number of hydrogen-bond acceptors (Lipinski definition) is 3. The van der Waals surface area contributed by atoms with Gasteiger partial charge < -0.3 is 14.4 Å². The zero-order chi connectivity index (χ0) is 57.9. The number of aromatic nitrogens is 2. The van der Waals surface area contributed by atoms with Crippen LogP contribution in [0.15, 0.2) is 156 Å². The van der Waals surface area contributed by atoms with Gasteiger partial charge in [-0.05, 0) is 95.8 Å². The first kappa shape index (κ1) is 20.8. The van der Waals surface area contributed by atoms with Crippen LogP contribution in [0, 0.1) is 31.3 Å². The maximum atomic E-state index is 9.25. The second-order valence-electron chi connectivity index (χ2n) is 14.4. The third-order valence-electron chi connectivity index (χ3n) is 10.1. The van der Waals surface area contributed by atoms with Crippen LogP contribution in [0.1, 0.15) is 92.3 Å². The number of nitrogens with zero attached hydrogens (tertiary/aromatic N) is 2. The zero-order valence-electron chi connectivity index (χ0n) is 53.2. The first-order valence-electron chi connectivity index (χ1n) is 29.3. The molecule has 10 rings (SSSR count). The van der Waals surface area contributed by atoms with E-state index in [4.69, 9.17) is 31.8 Å². The Hall–Kier alpha value is -5.67. The molecule has 9 aromatic rings. The van der Waals surface area contributed by atoms with Gasteiger partial charge in [0.05, 0.1) is 23.4 Å². The van der Waals surface area contributed by atoms with Crippen molar-refractivity contribution in [2.75, 3.05) is 0 Å². The minimum Gasteiger partial charge on any atom is -0.500 e. The molecule has 3 heterocycles. The Balaban J connectivity index is 0.000000261. The van der Waals surface area contributed by atoms with Crippen LogP contribution >= 0.6 is 0 Å². The maximum absolute atomic E-state index is 9.25. The van der Waals surface area contributed by atoms with Crippen molar-refractivity contribution in [3.05, 3.63) is 180 Å². The van der Waals surface area contributed by atoms with E-state index in [9.17, 15) is 2.74 Å². The summed E-state index contributed by atoms with van der Waals surface area (Å²) in [5.74, 6) is -1.40. The van der Waals surface area contributed by atoms with E-state index in [0.717, 1.165) is 5.56 Å². The number of benzene rings is 6. The molecule has 0 N–H and O–H groups in total. The van der Waals surface area contributed by atoms with Crippen molar-refractivity contribution in [2.45, 2.75) is 59.1 Å². The zero-order valence-corrected chi connectivity index (χ0v) is 33.6. The Morgan fingerprint density at radius 3 is 2.34 bits per heavy atom. The Morgan fingerprint density at radius 2 is 1.57 bits per heavy atom. The number of fused-ring (bicyclic) bond motifs is 5. The fourth-order valence-corrected chi connectivity index (χ4v) is 6.81. The monoisotopic (exact) mass is 953 g/mol. The summed E-state index contributed by atoms with van der Waals surface area (Å²) < 4.78 is 191. The van der Waals surface area contributed by atoms with E-state index < -0.39 is 127 Å². The van der Waals surface area contributed by atoms with Gasteiger partial charge in [-0.25, -0.2) is 0 Å². The largest absolute Gasteiger partial charge is 0.500 e. The third kappa shape index (κ3) is 8.05.